The zero-order chi connectivity index (χ0) is 21.1. The molecule has 4 aromatic rings. The third kappa shape index (κ3) is 4.37. The quantitative estimate of drug-likeness (QED) is 0.402. The van der Waals surface area contributed by atoms with Gasteiger partial charge in [-0.1, -0.05) is 41.9 Å². The Kier molecular flexibility index (Phi) is 6.11. The number of nitrogens with one attached hydrogen (secondary N) is 1. The number of para-hydroxylation sites is 1. The van der Waals surface area contributed by atoms with E-state index in [1.54, 1.807) is 18.4 Å². The molecule has 0 aliphatic rings. The topological polar surface area (TPSA) is 43.3 Å². The highest BCUT2D eigenvalue weighted by Gasteiger charge is 2.17. The maximum absolute atomic E-state index is 13.0. The summed E-state index contributed by atoms with van der Waals surface area (Å²) in [6.07, 6.45) is 0.707. The summed E-state index contributed by atoms with van der Waals surface area (Å²) in [5.74, 6) is 0.764. The van der Waals surface area contributed by atoms with Crippen LogP contribution >= 0.6 is 22.9 Å². The third-order valence-corrected chi connectivity index (χ3v) is 6.27. The summed E-state index contributed by atoms with van der Waals surface area (Å²) in [7, 11) is 1.66. The molecule has 1 N–H and O–H groups in total. The summed E-state index contributed by atoms with van der Waals surface area (Å²) in [5.41, 5.74) is 3.88. The van der Waals surface area contributed by atoms with Crippen LogP contribution in [0.3, 0.4) is 0 Å². The summed E-state index contributed by atoms with van der Waals surface area (Å²) in [6, 6.07) is 19.8. The lowest BCUT2D eigenvalue weighted by Crippen LogP contribution is -2.28. The number of hydrogen-bond donors (Lipinski definition) is 1. The van der Waals surface area contributed by atoms with Crippen LogP contribution in [0.25, 0.3) is 10.2 Å². The van der Waals surface area contributed by atoms with Gasteiger partial charge in [-0.05, 0) is 54.8 Å². The molecule has 0 spiro atoms. The van der Waals surface area contributed by atoms with Crippen LogP contribution in [0.2, 0.25) is 5.02 Å². The highest BCUT2D eigenvalue weighted by atomic mass is 35.5. The van der Waals surface area contributed by atoms with E-state index < -0.39 is 0 Å². The van der Waals surface area contributed by atoms with Gasteiger partial charge in [0.2, 0.25) is 0 Å². The van der Waals surface area contributed by atoms with E-state index in [2.05, 4.69) is 22.9 Å². The first-order chi connectivity index (χ1) is 14.5. The fraction of sp³-hybridized carbons (Fsp3) is 0.208. The standard InChI is InChI=1S/C24H23ClN2O2S/c1-16-12-20-23(30-16)14-21(27(20)15-17-6-5-8-19(25)13-17)24(28)26-11-10-18-7-3-4-9-22(18)29-2/h3-9,12-14H,10-11,15H2,1-2H3,(H,26,28). The fourth-order valence-electron chi connectivity index (χ4n) is 3.65. The number of ether oxygens (including phenoxy) is 1. The van der Waals surface area contributed by atoms with E-state index in [0.29, 0.717) is 30.2 Å². The number of aryl methyl sites for hydroxylation is 1. The van der Waals surface area contributed by atoms with E-state index >= 15 is 0 Å². The predicted octanol–water partition coefficient (Wildman–Crippen LogP) is 5.69. The van der Waals surface area contributed by atoms with Crippen molar-refractivity contribution in [3.63, 3.8) is 0 Å². The van der Waals surface area contributed by atoms with Crippen molar-refractivity contribution in [2.24, 2.45) is 0 Å². The Morgan fingerprint density at radius 2 is 1.97 bits per heavy atom. The average Bonchev–Trinajstić information content (AvgIpc) is 3.25. The van der Waals surface area contributed by atoms with Crippen LogP contribution in [-0.2, 0) is 13.0 Å². The molecule has 30 heavy (non-hydrogen) atoms. The van der Waals surface area contributed by atoms with Gasteiger partial charge in [-0.15, -0.1) is 11.3 Å². The van der Waals surface area contributed by atoms with Crippen molar-refractivity contribution in [3.8, 4) is 5.75 Å². The van der Waals surface area contributed by atoms with E-state index in [-0.39, 0.29) is 5.91 Å². The molecule has 0 unspecified atom stereocenters. The number of rotatable bonds is 7. The molecule has 1 amide bonds. The van der Waals surface area contributed by atoms with Gasteiger partial charge in [0, 0.05) is 23.0 Å². The Hall–Kier alpha value is -2.76. The van der Waals surface area contributed by atoms with Crippen molar-refractivity contribution in [1.82, 2.24) is 9.88 Å². The van der Waals surface area contributed by atoms with Crippen molar-refractivity contribution in [2.75, 3.05) is 13.7 Å². The van der Waals surface area contributed by atoms with Crippen LogP contribution in [-0.4, -0.2) is 24.1 Å². The molecule has 4 rings (SSSR count). The summed E-state index contributed by atoms with van der Waals surface area (Å²) in [6.45, 7) is 3.21. The van der Waals surface area contributed by atoms with E-state index in [4.69, 9.17) is 16.3 Å². The number of halogens is 1. The number of methoxy groups -OCH3 is 1. The second-order valence-electron chi connectivity index (χ2n) is 7.17. The Bertz CT molecular complexity index is 1200. The Morgan fingerprint density at radius 3 is 2.77 bits per heavy atom. The normalized spacial score (nSPS) is 11.0. The van der Waals surface area contributed by atoms with Gasteiger partial charge in [0.05, 0.1) is 17.3 Å². The van der Waals surface area contributed by atoms with Crippen LogP contribution in [0, 0.1) is 6.92 Å². The minimum Gasteiger partial charge on any atom is -0.496 e. The number of carbonyl (C=O) groups is 1. The van der Waals surface area contributed by atoms with Gasteiger partial charge in [-0.3, -0.25) is 4.79 Å². The number of thiophene rings is 1. The molecule has 0 radical (unpaired) electrons. The van der Waals surface area contributed by atoms with Gasteiger partial charge in [0.15, 0.2) is 0 Å². The first-order valence-corrected chi connectivity index (χ1v) is 11.0. The van der Waals surface area contributed by atoms with E-state index in [1.165, 1.54) is 4.88 Å². The molecule has 2 heterocycles. The maximum atomic E-state index is 13.0. The Balaban J connectivity index is 1.55. The molecular weight excluding hydrogens is 416 g/mol. The second kappa shape index (κ2) is 8.94. The van der Waals surface area contributed by atoms with Crippen LogP contribution < -0.4 is 10.1 Å². The highest BCUT2D eigenvalue weighted by Crippen LogP contribution is 2.30. The van der Waals surface area contributed by atoms with Gasteiger partial charge in [-0.2, -0.15) is 0 Å². The maximum Gasteiger partial charge on any atom is 0.267 e. The van der Waals surface area contributed by atoms with Gasteiger partial charge in [0.25, 0.3) is 5.91 Å². The van der Waals surface area contributed by atoms with Crippen molar-refractivity contribution in [2.45, 2.75) is 19.9 Å². The monoisotopic (exact) mass is 438 g/mol. The number of benzene rings is 2. The molecule has 0 aliphatic carbocycles. The minimum atomic E-state index is -0.0759. The number of nitrogens with zero attached hydrogens (tertiary/aromatic N) is 1. The average molecular weight is 439 g/mol. The molecule has 6 heteroatoms. The van der Waals surface area contributed by atoms with E-state index in [1.807, 2.05) is 54.6 Å². The number of amides is 1. The van der Waals surface area contributed by atoms with Gasteiger partial charge in [-0.25, -0.2) is 0 Å². The number of hydrogen-bond acceptors (Lipinski definition) is 3. The first-order valence-electron chi connectivity index (χ1n) is 9.79. The van der Waals surface area contributed by atoms with Crippen LogP contribution in [0.1, 0.15) is 26.5 Å². The molecule has 0 saturated heterocycles. The molecular formula is C24H23ClN2O2S. The lowest BCUT2D eigenvalue weighted by molar-refractivity contribution is 0.0945. The van der Waals surface area contributed by atoms with Crippen molar-refractivity contribution in [3.05, 3.63) is 87.4 Å². The largest absolute Gasteiger partial charge is 0.496 e. The van der Waals surface area contributed by atoms with E-state index in [9.17, 15) is 4.79 Å². The van der Waals surface area contributed by atoms with E-state index in [0.717, 1.165) is 27.1 Å². The summed E-state index contributed by atoms with van der Waals surface area (Å²) < 4.78 is 8.58. The zero-order valence-electron chi connectivity index (χ0n) is 16.9. The van der Waals surface area contributed by atoms with Crippen molar-refractivity contribution < 1.29 is 9.53 Å². The van der Waals surface area contributed by atoms with Crippen LogP contribution in [0.5, 0.6) is 5.75 Å². The van der Waals surface area contributed by atoms with Crippen molar-refractivity contribution >= 4 is 39.1 Å². The minimum absolute atomic E-state index is 0.0759. The highest BCUT2D eigenvalue weighted by molar-refractivity contribution is 7.19. The molecule has 0 atom stereocenters. The molecule has 0 saturated carbocycles. The van der Waals surface area contributed by atoms with Gasteiger partial charge in [0.1, 0.15) is 11.4 Å². The van der Waals surface area contributed by atoms with Crippen LogP contribution in [0.15, 0.2) is 60.7 Å². The van der Waals surface area contributed by atoms with Crippen molar-refractivity contribution in [1.29, 1.82) is 0 Å². The smallest absolute Gasteiger partial charge is 0.267 e. The molecule has 2 aromatic heterocycles. The lowest BCUT2D eigenvalue weighted by Gasteiger charge is -2.12. The molecule has 0 aliphatic heterocycles. The predicted molar refractivity (Wildman–Crippen MR) is 124 cm³/mol. The van der Waals surface area contributed by atoms with Crippen LogP contribution in [0.4, 0.5) is 0 Å². The number of aromatic nitrogens is 1. The molecule has 0 fully saturated rings. The fourth-order valence-corrected chi connectivity index (χ4v) is 4.83. The summed E-state index contributed by atoms with van der Waals surface area (Å²) >= 11 is 7.86. The Morgan fingerprint density at radius 1 is 1.13 bits per heavy atom. The summed E-state index contributed by atoms with van der Waals surface area (Å²) in [4.78, 5) is 14.3. The molecule has 4 nitrogen and oxygen atoms in total. The third-order valence-electron chi connectivity index (χ3n) is 5.05. The molecule has 0 bridgehead atoms. The SMILES string of the molecule is COc1ccccc1CCNC(=O)c1cc2sc(C)cc2n1Cc1cccc(Cl)c1. The number of fused-ring (bicyclic) bond motifs is 1. The van der Waals surface area contributed by atoms with Gasteiger partial charge < -0.3 is 14.6 Å². The first kappa shape index (κ1) is 20.5. The second-order valence-corrected chi connectivity index (χ2v) is 8.89. The Labute approximate surface area is 185 Å². The zero-order valence-corrected chi connectivity index (χ0v) is 18.5. The molecule has 154 valence electrons. The van der Waals surface area contributed by atoms with Gasteiger partial charge >= 0.3 is 0 Å². The number of carbonyl (C=O) groups excluding carboxylic acids is 1. The summed E-state index contributed by atoms with van der Waals surface area (Å²) in [5, 5.41) is 3.76. The molecule has 2 aromatic carbocycles. The lowest BCUT2D eigenvalue weighted by atomic mass is 10.1.